The first kappa shape index (κ1) is 8.02. The number of nitrogens with zero attached hydrogens (tertiary/aromatic N) is 1. The summed E-state index contributed by atoms with van der Waals surface area (Å²) >= 11 is 0. The molecule has 1 heteroatoms. The Morgan fingerprint density at radius 3 is 1.67 bits per heavy atom. The average molecular weight is 123 g/mol. The maximum absolute atomic E-state index is 3.64. The van der Waals surface area contributed by atoms with Crippen molar-refractivity contribution >= 4 is 0 Å². The van der Waals surface area contributed by atoms with Gasteiger partial charge >= 0.3 is 0 Å². The van der Waals surface area contributed by atoms with E-state index in [0.29, 0.717) is 0 Å². The molecule has 1 aromatic rings. The molecule has 0 unspecified atom stereocenters. The molecule has 9 heavy (non-hydrogen) atoms. The van der Waals surface area contributed by atoms with E-state index in [4.69, 9.17) is 0 Å². The molecule has 0 aromatic carbocycles. The van der Waals surface area contributed by atoms with Crippen LogP contribution in [0.1, 0.15) is 13.8 Å². The minimum absolute atomic E-state index is 1.75. The normalized spacial score (nSPS) is 7.33. The van der Waals surface area contributed by atoms with Crippen molar-refractivity contribution in [3.8, 4) is 0 Å². The lowest BCUT2D eigenvalue weighted by Crippen LogP contribution is -2.22. The van der Waals surface area contributed by atoms with Gasteiger partial charge in [0, 0.05) is 7.05 Å². The smallest absolute Gasteiger partial charge is 0.0689 e. The molecule has 0 fully saturated rings. The molecule has 1 nitrogen and oxygen atoms in total. The van der Waals surface area contributed by atoms with Gasteiger partial charge in [0.25, 0.3) is 0 Å². The fourth-order valence-electron chi connectivity index (χ4n) is 0.434. The van der Waals surface area contributed by atoms with E-state index in [-0.39, 0.29) is 0 Å². The Morgan fingerprint density at radius 1 is 1.00 bits per heavy atom. The van der Waals surface area contributed by atoms with Gasteiger partial charge in [0.1, 0.15) is 0 Å². The molecule has 0 atom stereocenters. The van der Waals surface area contributed by atoms with E-state index >= 15 is 0 Å². The monoisotopic (exact) mass is 123 g/mol. The Hall–Kier alpha value is -0.980. The van der Waals surface area contributed by atoms with Gasteiger partial charge < -0.3 is 4.57 Å². The van der Waals surface area contributed by atoms with Gasteiger partial charge in [-0.05, 0) is 0 Å². The molecule has 0 aliphatic heterocycles. The van der Waals surface area contributed by atoms with E-state index in [2.05, 4.69) is 7.05 Å². The second-order valence-corrected chi connectivity index (χ2v) is 1.39. The first-order valence-corrected chi connectivity index (χ1v) is 3.17. The molecule has 0 saturated heterocycles. The highest BCUT2D eigenvalue weighted by molar-refractivity contribution is 4.83. The van der Waals surface area contributed by atoms with Crippen LogP contribution in [0.3, 0.4) is 0 Å². The second kappa shape index (κ2) is 5.16. The Bertz CT molecular complexity index is 134. The molecule has 0 amide bonds. The van der Waals surface area contributed by atoms with Crippen molar-refractivity contribution < 1.29 is 4.57 Å². The molecule has 0 aliphatic carbocycles. The lowest BCUT2D eigenvalue weighted by Gasteiger charge is -1.87. The fraction of sp³-hybridized carbons (Fsp3) is 0.250. The first-order chi connectivity index (χ1) is 4.39. The van der Waals surface area contributed by atoms with Crippen molar-refractivity contribution in [1.29, 1.82) is 0 Å². The van der Waals surface area contributed by atoms with Crippen molar-refractivity contribution in [2.24, 2.45) is 0 Å². The van der Waals surface area contributed by atoms with Crippen LogP contribution in [0.5, 0.6) is 0 Å². The van der Waals surface area contributed by atoms with Crippen molar-refractivity contribution in [3.05, 3.63) is 37.6 Å². The van der Waals surface area contributed by atoms with Gasteiger partial charge in [-0.3, -0.25) is 0 Å². The third-order valence-electron chi connectivity index (χ3n) is 0.777. The maximum Gasteiger partial charge on any atom is 0.0689 e. The van der Waals surface area contributed by atoms with E-state index in [1.54, 1.807) is 4.57 Å². The van der Waals surface area contributed by atoms with Crippen LogP contribution in [0.2, 0.25) is 0 Å². The van der Waals surface area contributed by atoms with E-state index in [0.717, 1.165) is 0 Å². The van der Waals surface area contributed by atoms with Gasteiger partial charge in [-0.15, -0.1) is 0 Å². The number of pyridine rings is 1. The van der Waals surface area contributed by atoms with Crippen molar-refractivity contribution in [1.82, 2.24) is 0 Å². The average Bonchev–Trinajstić information content (AvgIpc) is 1.94. The van der Waals surface area contributed by atoms with Crippen LogP contribution in [-0.4, -0.2) is 0 Å². The maximum atomic E-state index is 3.64. The van der Waals surface area contributed by atoms with Crippen LogP contribution in [0.15, 0.2) is 30.6 Å². The third-order valence-corrected chi connectivity index (χ3v) is 0.777. The minimum atomic E-state index is 1.75. The van der Waals surface area contributed by atoms with Gasteiger partial charge in [-0.2, -0.15) is 0 Å². The summed E-state index contributed by atoms with van der Waals surface area (Å²) in [6.45, 7) is 4.00. The fourth-order valence-corrected chi connectivity index (χ4v) is 0.434. The zero-order chi connectivity index (χ0) is 7.11. The quantitative estimate of drug-likeness (QED) is 0.365. The van der Waals surface area contributed by atoms with E-state index in [1.807, 2.05) is 44.4 Å². The highest BCUT2D eigenvalue weighted by Gasteiger charge is 1.69. The highest BCUT2D eigenvalue weighted by atomic mass is 14.9. The Balaban J connectivity index is 0.000000291. The molecular formula is C8H13N. The molecule has 0 N–H and O–H groups in total. The lowest BCUT2D eigenvalue weighted by atomic mass is 10.5. The second-order valence-electron chi connectivity index (χ2n) is 1.39. The predicted molar refractivity (Wildman–Crippen MR) is 38.7 cm³/mol. The van der Waals surface area contributed by atoms with Gasteiger partial charge in [0.15, 0.2) is 0 Å². The molecule has 1 aromatic heterocycles. The number of hydrogen-bond donors (Lipinski definition) is 0. The molecule has 0 radical (unpaired) electrons. The Kier molecular flexibility index (Phi) is 4.60. The zero-order valence-electron chi connectivity index (χ0n) is 6.04. The Labute approximate surface area is 57.0 Å². The molecule has 0 spiro atoms. The van der Waals surface area contributed by atoms with Crippen LogP contribution in [0, 0.1) is 7.05 Å². The Morgan fingerprint density at radius 2 is 1.44 bits per heavy atom. The summed E-state index contributed by atoms with van der Waals surface area (Å²) in [7, 11) is 3.64. The molecule has 1 heterocycles. The summed E-state index contributed by atoms with van der Waals surface area (Å²) in [6, 6.07) is 5.84. The largest absolute Gasteiger partial charge is 0.339 e. The summed E-state index contributed by atoms with van der Waals surface area (Å²) in [4.78, 5) is 0. The van der Waals surface area contributed by atoms with Gasteiger partial charge in [-0.25, -0.2) is 0 Å². The van der Waals surface area contributed by atoms with Crippen molar-refractivity contribution in [2.75, 3.05) is 0 Å². The van der Waals surface area contributed by atoms with E-state index in [9.17, 15) is 0 Å². The predicted octanol–water partition coefficient (Wildman–Crippen LogP) is 1.64. The van der Waals surface area contributed by atoms with Crippen molar-refractivity contribution in [2.45, 2.75) is 13.8 Å². The van der Waals surface area contributed by atoms with E-state index < -0.39 is 0 Å². The SMILES string of the molecule is CC.[CH2-][n+]1ccccc1. The molecule has 0 saturated carbocycles. The van der Waals surface area contributed by atoms with E-state index in [1.165, 1.54) is 0 Å². The number of aromatic nitrogens is 1. The van der Waals surface area contributed by atoms with Crippen LogP contribution < -0.4 is 4.57 Å². The zero-order valence-corrected chi connectivity index (χ0v) is 6.04. The summed E-state index contributed by atoms with van der Waals surface area (Å²) in [5, 5.41) is 0. The summed E-state index contributed by atoms with van der Waals surface area (Å²) < 4.78 is 1.75. The van der Waals surface area contributed by atoms with Crippen LogP contribution in [0.25, 0.3) is 0 Å². The lowest BCUT2D eigenvalue weighted by molar-refractivity contribution is -0.612. The van der Waals surface area contributed by atoms with Crippen LogP contribution in [0.4, 0.5) is 0 Å². The van der Waals surface area contributed by atoms with Gasteiger partial charge in [0.2, 0.25) is 0 Å². The van der Waals surface area contributed by atoms with Crippen LogP contribution in [-0.2, 0) is 0 Å². The molecule has 0 bridgehead atoms. The van der Waals surface area contributed by atoms with Gasteiger partial charge in [-0.1, -0.05) is 32.0 Å². The first-order valence-electron chi connectivity index (χ1n) is 3.17. The molecule has 1 rings (SSSR count). The number of rotatable bonds is 0. The third kappa shape index (κ3) is 3.59. The topological polar surface area (TPSA) is 3.88 Å². The summed E-state index contributed by atoms with van der Waals surface area (Å²) in [5.41, 5.74) is 0. The summed E-state index contributed by atoms with van der Waals surface area (Å²) in [5.74, 6) is 0. The standard InChI is InChI=1S/C6H7N.C2H6/c1-7-5-3-2-4-6-7;1-2/h2-6H,1H2;1-2H3. The van der Waals surface area contributed by atoms with Gasteiger partial charge in [0.05, 0.1) is 12.4 Å². The number of hydrogen-bond acceptors (Lipinski definition) is 0. The summed E-state index contributed by atoms with van der Waals surface area (Å²) in [6.07, 6.45) is 3.78. The minimum Gasteiger partial charge on any atom is -0.339 e. The molecule has 0 aliphatic rings. The highest BCUT2D eigenvalue weighted by Crippen LogP contribution is 1.72. The van der Waals surface area contributed by atoms with Crippen molar-refractivity contribution in [3.63, 3.8) is 0 Å². The molecular weight excluding hydrogens is 110 g/mol. The molecule has 50 valence electrons. The van der Waals surface area contributed by atoms with Crippen LogP contribution >= 0.6 is 0 Å².